The van der Waals surface area contributed by atoms with E-state index in [1.165, 1.54) is 27.4 Å². The number of sulfonamides is 1. The molecule has 0 spiro atoms. The van der Waals surface area contributed by atoms with Gasteiger partial charge in [-0.2, -0.15) is 4.31 Å². The molecule has 1 saturated heterocycles. The van der Waals surface area contributed by atoms with Gasteiger partial charge in [-0.15, -0.1) is 0 Å². The summed E-state index contributed by atoms with van der Waals surface area (Å²) < 4.78 is 55.2. The summed E-state index contributed by atoms with van der Waals surface area (Å²) in [5, 5.41) is 3.39. The van der Waals surface area contributed by atoms with E-state index >= 15 is 0 Å². The standard InChI is InChI=1S/C17H21N3O7S2/c1-2-28(23,24)10-5-17(22)19-6-8-20(9-7-19)29(25,26)13-3-4-15-14(11-13)18-16(21)12-27-15/h2-4,11H,1,5-10,12H2,(H,18,21). The van der Waals surface area contributed by atoms with Crippen molar-refractivity contribution in [2.75, 3.05) is 43.9 Å². The van der Waals surface area contributed by atoms with Crippen molar-refractivity contribution in [3.63, 3.8) is 0 Å². The molecule has 0 bridgehead atoms. The van der Waals surface area contributed by atoms with Crippen LogP contribution in [0.1, 0.15) is 6.42 Å². The number of nitrogens with one attached hydrogen (secondary N) is 1. The predicted octanol–water partition coefficient (Wildman–Crippen LogP) is -0.201. The van der Waals surface area contributed by atoms with Crippen molar-refractivity contribution >= 4 is 37.4 Å². The molecule has 10 nitrogen and oxygen atoms in total. The second-order valence-electron chi connectivity index (χ2n) is 6.56. The molecule has 2 amide bonds. The zero-order valence-electron chi connectivity index (χ0n) is 15.5. The smallest absolute Gasteiger partial charge is 0.262 e. The van der Waals surface area contributed by atoms with E-state index in [-0.39, 0.29) is 61.7 Å². The first-order chi connectivity index (χ1) is 13.6. The van der Waals surface area contributed by atoms with E-state index < -0.39 is 19.9 Å². The highest BCUT2D eigenvalue weighted by Crippen LogP contribution is 2.31. The van der Waals surface area contributed by atoms with E-state index in [0.717, 1.165) is 5.41 Å². The average Bonchev–Trinajstić information content (AvgIpc) is 2.71. The van der Waals surface area contributed by atoms with E-state index in [4.69, 9.17) is 4.74 Å². The third kappa shape index (κ3) is 4.77. The van der Waals surface area contributed by atoms with Gasteiger partial charge in [-0.3, -0.25) is 9.59 Å². The zero-order valence-corrected chi connectivity index (χ0v) is 17.2. The second kappa shape index (κ2) is 8.13. The molecular formula is C17H21N3O7S2. The minimum atomic E-state index is -3.82. The summed E-state index contributed by atoms with van der Waals surface area (Å²) >= 11 is 0. The SMILES string of the molecule is C=CS(=O)(=O)CCC(=O)N1CCN(S(=O)(=O)c2ccc3c(c2)NC(=O)CO3)CC1. The van der Waals surface area contributed by atoms with Gasteiger partial charge in [0.15, 0.2) is 16.4 Å². The quantitative estimate of drug-likeness (QED) is 0.644. The topological polar surface area (TPSA) is 130 Å². The fraction of sp³-hybridized carbons (Fsp3) is 0.412. The molecule has 3 rings (SSSR count). The van der Waals surface area contributed by atoms with Crippen LogP contribution >= 0.6 is 0 Å². The highest BCUT2D eigenvalue weighted by Gasteiger charge is 2.31. The molecule has 0 atom stereocenters. The molecule has 12 heteroatoms. The minimum absolute atomic E-state index is 0.0129. The molecule has 0 saturated carbocycles. The summed E-state index contributed by atoms with van der Waals surface area (Å²) in [7, 11) is -7.29. The summed E-state index contributed by atoms with van der Waals surface area (Å²) in [6.45, 7) is 3.58. The molecule has 0 radical (unpaired) electrons. The van der Waals surface area contributed by atoms with Crippen LogP contribution < -0.4 is 10.1 Å². The Morgan fingerprint density at radius 1 is 1.17 bits per heavy atom. The number of carbonyl (C=O) groups excluding carboxylic acids is 2. The lowest BCUT2D eigenvalue weighted by Crippen LogP contribution is -2.50. The molecule has 2 heterocycles. The number of hydrogen-bond donors (Lipinski definition) is 1. The van der Waals surface area contributed by atoms with Crippen LogP contribution in [0.25, 0.3) is 0 Å². The van der Waals surface area contributed by atoms with Gasteiger partial charge in [0, 0.05) is 38.0 Å². The number of anilines is 1. The van der Waals surface area contributed by atoms with Crippen molar-refractivity contribution in [1.82, 2.24) is 9.21 Å². The molecule has 1 aromatic carbocycles. The molecule has 1 N–H and O–H groups in total. The highest BCUT2D eigenvalue weighted by atomic mass is 32.2. The summed E-state index contributed by atoms with van der Waals surface area (Å²) in [5.74, 6) is -0.635. The van der Waals surface area contributed by atoms with E-state index in [1.54, 1.807) is 0 Å². The Kier molecular flexibility index (Phi) is 5.96. The number of nitrogens with zero attached hydrogens (tertiary/aromatic N) is 2. The molecule has 1 fully saturated rings. The van der Waals surface area contributed by atoms with Gasteiger partial charge in [0.25, 0.3) is 5.91 Å². The predicted molar refractivity (Wildman–Crippen MR) is 105 cm³/mol. The Morgan fingerprint density at radius 3 is 2.52 bits per heavy atom. The Hall–Kier alpha value is -2.44. The van der Waals surface area contributed by atoms with E-state index in [1.807, 2.05) is 0 Å². The molecule has 0 unspecified atom stereocenters. The summed E-state index contributed by atoms with van der Waals surface area (Å²) in [6, 6.07) is 4.24. The number of ether oxygens (including phenoxy) is 1. The number of rotatable bonds is 6. The first-order valence-electron chi connectivity index (χ1n) is 8.82. The fourth-order valence-corrected chi connectivity index (χ4v) is 5.10. The minimum Gasteiger partial charge on any atom is -0.482 e. The zero-order chi connectivity index (χ0) is 21.2. The lowest BCUT2D eigenvalue weighted by atomic mass is 10.2. The van der Waals surface area contributed by atoms with Gasteiger partial charge in [-0.1, -0.05) is 6.58 Å². The van der Waals surface area contributed by atoms with Gasteiger partial charge >= 0.3 is 0 Å². The first-order valence-corrected chi connectivity index (χ1v) is 12.0. The van der Waals surface area contributed by atoms with Crippen molar-refractivity contribution in [1.29, 1.82) is 0 Å². The van der Waals surface area contributed by atoms with Crippen molar-refractivity contribution in [2.24, 2.45) is 0 Å². The monoisotopic (exact) mass is 443 g/mol. The van der Waals surface area contributed by atoms with Crippen LogP contribution in [-0.4, -0.2) is 76.4 Å². The lowest BCUT2D eigenvalue weighted by Gasteiger charge is -2.34. The molecule has 0 aliphatic carbocycles. The number of fused-ring (bicyclic) bond motifs is 1. The van der Waals surface area contributed by atoms with Crippen LogP contribution in [0.2, 0.25) is 0 Å². The fourth-order valence-electron chi connectivity index (χ4n) is 3.02. The van der Waals surface area contributed by atoms with Crippen LogP contribution in [0.5, 0.6) is 5.75 Å². The van der Waals surface area contributed by atoms with E-state index in [2.05, 4.69) is 11.9 Å². The maximum atomic E-state index is 12.9. The maximum Gasteiger partial charge on any atom is 0.262 e. The van der Waals surface area contributed by atoms with Crippen LogP contribution in [0, 0.1) is 0 Å². The van der Waals surface area contributed by atoms with Crippen molar-refractivity contribution in [3.8, 4) is 5.75 Å². The second-order valence-corrected chi connectivity index (χ2v) is 10.6. The molecule has 2 aliphatic heterocycles. The van der Waals surface area contributed by atoms with Crippen LogP contribution in [0.3, 0.4) is 0 Å². The lowest BCUT2D eigenvalue weighted by molar-refractivity contribution is -0.131. The van der Waals surface area contributed by atoms with Crippen LogP contribution in [-0.2, 0) is 29.4 Å². The number of benzene rings is 1. The maximum absolute atomic E-state index is 12.9. The van der Waals surface area contributed by atoms with Crippen LogP contribution in [0.15, 0.2) is 35.1 Å². The number of piperazine rings is 1. The molecular weight excluding hydrogens is 422 g/mol. The summed E-state index contributed by atoms with van der Waals surface area (Å²) in [5.41, 5.74) is 0.291. The van der Waals surface area contributed by atoms with Gasteiger partial charge in [0.1, 0.15) is 5.75 Å². The normalized spacial score (nSPS) is 17.8. The van der Waals surface area contributed by atoms with Gasteiger partial charge in [-0.25, -0.2) is 16.8 Å². The first kappa shape index (κ1) is 21.3. The van der Waals surface area contributed by atoms with E-state index in [9.17, 15) is 26.4 Å². The van der Waals surface area contributed by atoms with Crippen molar-refractivity contribution < 1.29 is 31.2 Å². The van der Waals surface area contributed by atoms with Gasteiger partial charge in [0.2, 0.25) is 15.9 Å². The van der Waals surface area contributed by atoms with Crippen molar-refractivity contribution in [3.05, 3.63) is 30.2 Å². The third-order valence-electron chi connectivity index (χ3n) is 4.67. The third-order valence-corrected chi connectivity index (χ3v) is 7.84. The van der Waals surface area contributed by atoms with Gasteiger partial charge in [-0.05, 0) is 18.2 Å². The average molecular weight is 444 g/mol. The molecule has 0 aromatic heterocycles. The van der Waals surface area contributed by atoms with Crippen LogP contribution in [0.4, 0.5) is 5.69 Å². The number of hydrogen-bond acceptors (Lipinski definition) is 7. The molecule has 158 valence electrons. The Labute approximate surface area is 169 Å². The Bertz CT molecular complexity index is 1040. The number of amides is 2. The van der Waals surface area contributed by atoms with Crippen molar-refractivity contribution in [2.45, 2.75) is 11.3 Å². The van der Waals surface area contributed by atoms with Gasteiger partial charge in [0.05, 0.1) is 16.3 Å². The molecule has 29 heavy (non-hydrogen) atoms. The molecule has 1 aromatic rings. The summed E-state index contributed by atoms with van der Waals surface area (Å²) in [4.78, 5) is 25.1. The molecule has 2 aliphatic rings. The highest BCUT2D eigenvalue weighted by molar-refractivity contribution is 7.94. The van der Waals surface area contributed by atoms with Gasteiger partial charge < -0.3 is 15.0 Å². The largest absolute Gasteiger partial charge is 0.482 e. The van der Waals surface area contributed by atoms with E-state index in [0.29, 0.717) is 11.4 Å². The number of carbonyl (C=O) groups is 2. The Balaban J connectivity index is 1.64. The number of sulfone groups is 1. The summed E-state index contributed by atoms with van der Waals surface area (Å²) in [6.07, 6.45) is -0.175. The Morgan fingerprint density at radius 2 is 1.86 bits per heavy atom.